The van der Waals surface area contributed by atoms with Crippen LogP contribution in [0.4, 0.5) is 0 Å². The highest BCUT2D eigenvalue weighted by Crippen LogP contribution is 2.35. The maximum atomic E-state index is 10.2. The Kier molecular flexibility index (Phi) is 5.89. The fourth-order valence-electron chi connectivity index (χ4n) is 4.29. The van der Waals surface area contributed by atoms with Gasteiger partial charge >= 0.3 is 0 Å². The monoisotopic (exact) mass is 384 g/mol. The SMILES string of the molecule is CCc1ccccc1-c1cc2ccccc2nc1C(C#N)N1CCCN(C)CC1. The lowest BCUT2D eigenvalue weighted by Gasteiger charge is -2.27. The van der Waals surface area contributed by atoms with Crippen molar-refractivity contribution in [2.24, 2.45) is 0 Å². The van der Waals surface area contributed by atoms with E-state index in [2.05, 4.69) is 66.2 Å². The average molecular weight is 385 g/mol. The Morgan fingerprint density at radius 3 is 2.62 bits per heavy atom. The number of pyridine rings is 1. The van der Waals surface area contributed by atoms with Crippen molar-refractivity contribution in [1.29, 1.82) is 5.26 Å². The molecule has 1 aromatic heterocycles. The molecule has 148 valence electrons. The summed E-state index contributed by atoms with van der Waals surface area (Å²) < 4.78 is 0. The molecule has 1 atom stereocenters. The molecule has 1 saturated heterocycles. The lowest BCUT2D eigenvalue weighted by atomic mass is 9.93. The number of fused-ring (bicyclic) bond motifs is 1. The second-order valence-corrected chi connectivity index (χ2v) is 7.85. The van der Waals surface area contributed by atoms with E-state index < -0.39 is 0 Å². The summed E-state index contributed by atoms with van der Waals surface area (Å²) in [6, 6.07) is 21.2. The number of aryl methyl sites for hydroxylation is 1. The minimum Gasteiger partial charge on any atom is -0.305 e. The Hall–Kier alpha value is -2.74. The lowest BCUT2D eigenvalue weighted by molar-refractivity contribution is 0.239. The molecule has 4 rings (SSSR count). The van der Waals surface area contributed by atoms with Crippen LogP contribution in [0, 0.1) is 11.3 Å². The van der Waals surface area contributed by atoms with Crippen LogP contribution in [0.25, 0.3) is 22.0 Å². The highest BCUT2D eigenvalue weighted by Gasteiger charge is 2.27. The van der Waals surface area contributed by atoms with Crippen LogP contribution < -0.4 is 0 Å². The van der Waals surface area contributed by atoms with Crippen LogP contribution in [-0.4, -0.2) is 48.0 Å². The Balaban J connectivity index is 1.88. The van der Waals surface area contributed by atoms with Crippen LogP contribution >= 0.6 is 0 Å². The fourth-order valence-corrected chi connectivity index (χ4v) is 4.29. The van der Waals surface area contributed by atoms with Crippen LogP contribution in [-0.2, 0) is 6.42 Å². The normalized spacial score (nSPS) is 17.0. The summed E-state index contributed by atoms with van der Waals surface area (Å²) in [5.74, 6) is 0. The van der Waals surface area contributed by atoms with Gasteiger partial charge in [-0.15, -0.1) is 0 Å². The summed E-state index contributed by atoms with van der Waals surface area (Å²) in [7, 11) is 2.15. The van der Waals surface area contributed by atoms with E-state index in [4.69, 9.17) is 4.98 Å². The quantitative estimate of drug-likeness (QED) is 0.656. The van der Waals surface area contributed by atoms with Gasteiger partial charge in [-0.25, -0.2) is 4.98 Å². The number of hydrogen-bond donors (Lipinski definition) is 0. The van der Waals surface area contributed by atoms with Gasteiger partial charge in [-0.1, -0.05) is 49.4 Å². The molecule has 0 aliphatic carbocycles. The Morgan fingerprint density at radius 2 is 1.79 bits per heavy atom. The summed E-state index contributed by atoms with van der Waals surface area (Å²) in [6.07, 6.45) is 2.03. The highest BCUT2D eigenvalue weighted by molar-refractivity contribution is 5.86. The summed E-state index contributed by atoms with van der Waals surface area (Å²) in [5, 5.41) is 11.3. The molecule has 4 heteroatoms. The van der Waals surface area contributed by atoms with Crippen LogP contribution in [0.15, 0.2) is 54.6 Å². The molecule has 2 aromatic carbocycles. The fraction of sp³-hybridized carbons (Fsp3) is 0.360. The zero-order chi connectivity index (χ0) is 20.2. The van der Waals surface area contributed by atoms with Crippen molar-refractivity contribution in [3.63, 3.8) is 0 Å². The maximum Gasteiger partial charge on any atom is 0.141 e. The zero-order valence-electron chi connectivity index (χ0n) is 17.3. The molecule has 3 aromatic rings. The molecule has 0 spiro atoms. The van der Waals surface area contributed by atoms with Gasteiger partial charge in [0.2, 0.25) is 0 Å². The third kappa shape index (κ3) is 4.03. The summed E-state index contributed by atoms with van der Waals surface area (Å²) in [5.41, 5.74) is 5.41. The first-order valence-corrected chi connectivity index (χ1v) is 10.5. The predicted molar refractivity (Wildman–Crippen MR) is 119 cm³/mol. The third-order valence-corrected chi connectivity index (χ3v) is 5.94. The molecule has 4 nitrogen and oxygen atoms in total. The van der Waals surface area contributed by atoms with Gasteiger partial charge in [0.05, 0.1) is 17.3 Å². The number of nitriles is 1. The Bertz CT molecular complexity index is 1040. The second-order valence-electron chi connectivity index (χ2n) is 7.85. The first-order valence-electron chi connectivity index (χ1n) is 10.5. The Morgan fingerprint density at radius 1 is 1.00 bits per heavy atom. The van der Waals surface area contributed by atoms with Crippen molar-refractivity contribution < 1.29 is 0 Å². The molecule has 0 saturated carbocycles. The first-order chi connectivity index (χ1) is 14.2. The van der Waals surface area contributed by atoms with Crippen molar-refractivity contribution in [1.82, 2.24) is 14.8 Å². The number of rotatable bonds is 4. The van der Waals surface area contributed by atoms with Crippen molar-refractivity contribution in [2.45, 2.75) is 25.8 Å². The molecule has 2 heterocycles. The van der Waals surface area contributed by atoms with Gasteiger partial charge in [0, 0.05) is 30.6 Å². The minimum absolute atomic E-state index is 0.342. The van der Waals surface area contributed by atoms with Crippen LogP contribution in [0.3, 0.4) is 0 Å². The van der Waals surface area contributed by atoms with E-state index in [0.717, 1.165) is 61.2 Å². The number of hydrogen-bond acceptors (Lipinski definition) is 4. The molecule has 0 radical (unpaired) electrons. The molecule has 1 aliphatic heterocycles. The Labute approximate surface area is 173 Å². The average Bonchev–Trinajstić information content (AvgIpc) is 2.98. The number of aromatic nitrogens is 1. The number of likely N-dealkylation sites (N-methyl/N-ethyl adjacent to an activating group) is 1. The molecule has 1 aliphatic rings. The molecular weight excluding hydrogens is 356 g/mol. The van der Waals surface area contributed by atoms with Gasteiger partial charge in [-0.3, -0.25) is 4.90 Å². The molecule has 0 N–H and O–H groups in total. The van der Waals surface area contributed by atoms with Gasteiger partial charge in [-0.2, -0.15) is 5.26 Å². The van der Waals surface area contributed by atoms with Gasteiger partial charge in [-0.05, 0) is 49.7 Å². The largest absolute Gasteiger partial charge is 0.305 e. The summed E-state index contributed by atoms with van der Waals surface area (Å²) in [6.45, 7) is 6.04. The van der Waals surface area contributed by atoms with Crippen LogP contribution in [0.2, 0.25) is 0 Å². The molecule has 0 amide bonds. The second kappa shape index (κ2) is 8.73. The lowest BCUT2D eigenvalue weighted by Crippen LogP contribution is -2.32. The number of benzene rings is 2. The summed E-state index contributed by atoms with van der Waals surface area (Å²) in [4.78, 5) is 9.69. The van der Waals surface area contributed by atoms with E-state index in [1.54, 1.807) is 0 Å². The van der Waals surface area contributed by atoms with E-state index >= 15 is 0 Å². The van der Waals surface area contributed by atoms with Crippen LogP contribution in [0.1, 0.15) is 30.6 Å². The van der Waals surface area contributed by atoms with Crippen molar-refractivity contribution in [3.05, 3.63) is 65.9 Å². The molecule has 29 heavy (non-hydrogen) atoms. The van der Waals surface area contributed by atoms with E-state index in [1.165, 1.54) is 11.1 Å². The molecule has 0 bridgehead atoms. The standard InChI is InChI=1S/C25H28N4/c1-3-19-9-4-6-11-21(19)22-17-20-10-5-7-12-23(20)27-25(22)24(18-26)29-14-8-13-28(2)15-16-29/h4-7,9-12,17,24H,3,8,13-16H2,1-2H3. The van der Waals surface area contributed by atoms with E-state index in [9.17, 15) is 5.26 Å². The van der Waals surface area contributed by atoms with E-state index in [0.29, 0.717) is 0 Å². The van der Waals surface area contributed by atoms with Gasteiger partial charge < -0.3 is 4.90 Å². The maximum absolute atomic E-state index is 10.2. The predicted octanol–water partition coefficient (Wildman–Crippen LogP) is 4.67. The van der Waals surface area contributed by atoms with Crippen molar-refractivity contribution >= 4 is 10.9 Å². The van der Waals surface area contributed by atoms with Gasteiger partial charge in [0.25, 0.3) is 0 Å². The zero-order valence-corrected chi connectivity index (χ0v) is 17.3. The topological polar surface area (TPSA) is 43.2 Å². The minimum atomic E-state index is -0.342. The van der Waals surface area contributed by atoms with E-state index in [1.807, 2.05) is 18.2 Å². The van der Waals surface area contributed by atoms with Crippen molar-refractivity contribution in [3.8, 4) is 17.2 Å². The summed E-state index contributed by atoms with van der Waals surface area (Å²) >= 11 is 0. The van der Waals surface area contributed by atoms with Crippen LogP contribution in [0.5, 0.6) is 0 Å². The number of nitrogens with zero attached hydrogens (tertiary/aromatic N) is 4. The highest BCUT2D eigenvalue weighted by atomic mass is 15.2. The molecule has 1 fully saturated rings. The van der Waals surface area contributed by atoms with Gasteiger partial charge in [0.1, 0.15) is 6.04 Å². The first kappa shape index (κ1) is 19.6. The smallest absolute Gasteiger partial charge is 0.141 e. The molecular formula is C25H28N4. The third-order valence-electron chi connectivity index (χ3n) is 5.94. The van der Waals surface area contributed by atoms with E-state index in [-0.39, 0.29) is 6.04 Å². The number of para-hydroxylation sites is 1. The molecule has 1 unspecified atom stereocenters. The van der Waals surface area contributed by atoms with Gasteiger partial charge in [0.15, 0.2) is 0 Å². The van der Waals surface area contributed by atoms with Crippen molar-refractivity contribution in [2.75, 3.05) is 33.2 Å².